The van der Waals surface area contributed by atoms with Gasteiger partial charge in [-0.05, 0) is 66.6 Å². The van der Waals surface area contributed by atoms with Gasteiger partial charge in [0.05, 0.1) is 30.4 Å². The molecule has 0 bridgehead atoms. The van der Waals surface area contributed by atoms with E-state index in [1.54, 1.807) is 75.2 Å². The zero-order valence-electron chi connectivity index (χ0n) is 26.2. The highest BCUT2D eigenvalue weighted by Crippen LogP contribution is 2.51. The first-order valence-corrected chi connectivity index (χ1v) is 26.2. The summed E-state index contributed by atoms with van der Waals surface area (Å²) >= 11 is 3.56. The average Bonchev–Trinajstić information content (AvgIpc) is 3.72. The Balaban J connectivity index is 1.31. The molecule has 0 radical (unpaired) electrons. The van der Waals surface area contributed by atoms with Crippen molar-refractivity contribution in [2.75, 3.05) is 54.2 Å². The summed E-state index contributed by atoms with van der Waals surface area (Å²) in [6.45, 7) is 0. The average molecular weight is 781 g/mol. The van der Waals surface area contributed by atoms with E-state index in [0.717, 1.165) is 57.5 Å². The molecule has 0 aliphatic heterocycles. The second kappa shape index (κ2) is 19.4. The second-order valence-electron chi connectivity index (χ2n) is 9.87. The van der Waals surface area contributed by atoms with Crippen molar-refractivity contribution < 1.29 is 26.6 Å². The van der Waals surface area contributed by atoms with Gasteiger partial charge in [0.15, 0.2) is 0 Å². The van der Waals surface area contributed by atoms with Gasteiger partial charge in [0.25, 0.3) is 0 Å². The van der Waals surface area contributed by atoms with Gasteiger partial charge < -0.3 is 26.6 Å². The molecule has 2 unspecified atom stereocenters. The SMILES string of the molecule is CO[Si](CCC(CSSSSSCC(CC[Si](OC)(OC)OC)c1nc2ccccc2s1)c1nc2ccccc2s1)(OC)OC. The molecule has 248 valence electrons. The summed E-state index contributed by atoms with van der Waals surface area (Å²) in [6, 6.07) is 18.2. The van der Waals surface area contributed by atoms with Crippen LogP contribution in [0.4, 0.5) is 0 Å². The third-order valence-electron chi connectivity index (χ3n) is 7.47. The Bertz CT molecular complexity index is 1250. The van der Waals surface area contributed by atoms with E-state index < -0.39 is 17.6 Å². The molecular weight excluding hydrogens is 741 g/mol. The van der Waals surface area contributed by atoms with Gasteiger partial charge in [0.2, 0.25) is 0 Å². The Morgan fingerprint density at radius 2 is 0.956 bits per heavy atom. The first-order chi connectivity index (χ1) is 21.9. The van der Waals surface area contributed by atoms with Crippen molar-refractivity contribution in [3.63, 3.8) is 0 Å². The summed E-state index contributed by atoms with van der Waals surface area (Å²) in [5.74, 6) is 2.44. The molecule has 2 aromatic heterocycles. The number of benzene rings is 2. The van der Waals surface area contributed by atoms with E-state index in [1.807, 2.05) is 53.4 Å². The number of rotatable bonds is 22. The van der Waals surface area contributed by atoms with E-state index in [4.69, 9.17) is 36.5 Å². The van der Waals surface area contributed by atoms with Crippen LogP contribution in [0.3, 0.4) is 0 Å². The zero-order chi connectivity index (χ0) is 32.1. The van der Waals surface area contributed by atoms with Crippen molar-refractivity contribution >= 4 is 112 Å². The molecule has 0 amide bonds. The first kappa shape index (κ1) is 38.0. The van der Waals surface area contributed by atoms with Gasteiger partial charge in [-0.1, -0.05) is 45.9 Å². The fourth-order valence-electron chi connectivity index (χ4n) is 4.77. The highest BCUT2D eigenvalue weighted by atomic mass is 33.8. The lowest BCUT2D eigenvalue weighted by Gasteiger charge is -2.26. The Morgan fingerprint density at radius 3 is 1.31 bits per heavy atom. The number of nitrogens with zero attached hydrogens (tertiary/aromatic N) is 2. The maximum absolute atomic E-state index is 5.71. The number of fused-ring (bicyclic) bond motifs is 2. The number of aromatic nitrogens is 2. The van der Waals surface area contributed by atoms with Crippen LogP contribution in [0.25, 0.3) is 20.4 Å². The largest absolute Gasteiger partial charge is 0.500 e. The molecule has 0 fully saturated rings. The fraction of sp³-hybridized carbons (Fsp3) is 0.500. The van der Waals surface area contributed by atoms with Crippen molar-refractivity contribution in [1.29, 1.82) is 0 Å². The van der Waals surface area contributed by atoms with Gasteiger partial charge in [-0.2, -0.15) is 0 Å². The minimum Gasteiger partial charge on any atom is -0.377 e. The molecule has 0 saturated heterocycles. The standard InChI is InChI=1S/C28H40N2O6S7Si2/c1-31-44(32-2,33-3)17-15-21(27-29-23-11-7-9-13-25(23)39-27)19-37-41-43-42-38-20-22(16-18-45(34-4,35-5)36-6)28-30-24-12-8-10-14-26(24)40-28/h7-14,21-22H,15-20H2,1-6H3. The van der Waals surface area contributed by atoms with Crippen LogP contribution < -0.4 is 0 Å². The van der Waals surface area contributed by atoms with Crippen LogP contribution in [-0.4, -0.2) is 81.7 Å². The topological polar surface area (TPSA) is 81.2 Å². The van der Waals surface area contributed by atoms with Crippen LogP contribution in [0.15, 0.2) is 48.5 Å². The van der Waals surface area contributed by atoms with Crippen LogP contribution in [0.5, 0.6) is 0 Å². The minimum atomic E-state index is -2.67. The van der Waals surface area contributed by atoms with E-state index in [9.17, 15) is 0 Å². The second-order valence-corrected chi connectivity index (χ2v) is 26.0. The van der Waals surface area contributed by atoms with Crippen LogP contribution in [0.1, 0.15) is 34.7 Å². The van der Waals surface area contributed by atoms with Crippen LogP contribution in [-0.2, 0) is 26.6 Å². The Morgan fingerprint density at radius 1 is 0.578 bits per heavy atom. The molecule has 0 saturated carbocycles. The Labute approximate surface area is 295 Å². The molecule has 4 rings (SSSR count). The Hall–Kier alpha value is 0.164. The van der Waals surface area contributed by atoms with Gasteiger partial charge >= 0.3 is 17.6 Å². The lowest BCUT2D eigenvalue weighted by Crippen LogP contribution is -2.42. The minimum absolute atomic E-state index is 0.278. The zero-order valence-corrected chi connectivity index (χ0v) is 33.9. The van der Waals surface area contributed by atoms with Gasteiger partial charge in [-0.3, -0.25) is 0 Å². The van der Waals surface area contributed by atoms with Gasteiger partial charge in [0, 0.05) is 78.1 Å². The molecule has 2 atom stereocenters. The third kappa shape index (κ3) is 10.6. The Kier molecular flexibility index (Phi) is 16.4. The van der Waals surface area contributed by atoms with Crippen LogP contribution in [0, 0.1) is 0 Å². The molecule has 17 heteroatoms. The highest BCUT2D eigenvalue weighted by Gasteiger charge is 2.39. The molecule has 2 aromatic carbocycles. The van der Waals surface area contributed by atoms with Gasteiger partial charge in [0.1, 0.15) is 0 Å². The summed E-state index contributed by atoms with van der Waals surface area (Å²) in [6.07, 6.45) is 1.78. The maximum atomic E-state index is 5.71. The maximum Gasteiger partial charge on any atom is 0.500 e. The smallest absolute Gasteiger partial charge is 0.377 e. The summed E-state index contributed by atoms with van der Waals surface area (Å²) < 4.78 is 36.7. The normalized spacial score (nSPS) is 14.0. The van der Waals surface area contributed by atoms with E-state index in [2.05, 4.69) is 36.4 Å². The van der Waals surface area contributed by atoms with E-state index in [0.29, 0.717) is 0 Å². The molecule has 0 aliphatic rings. The number of hydrogen-bond donors (Lipinski definition) is 0. The van der Waals surface area contributed by atoms with E-state index >= 15 is 0 Å². The monoisotopic (exact) mass is 780 g/mol. The lowest BCUT2D eigenvalue weighted by atomic mass is 10.1. The quantitative estimate of drug-likeness (QED) is 0.0432. The summed E-state index contributed by atoms with van der Waals surface area (Å²) in [7, 11) is 13.9. The van der Waals surface area contributed by atoms with Crippen molar-refractivity contribution in [3.8, 4) is 0 Å². The molecule has 0 spiro atoms. The van der Waals surface area contributed by atoms with Crippen LogP contribution in [0.2, 0.25) is 12.1 Å². The van der Waals surface area contributed by atoms with Gasteiger partial charge in [-0.25, -0.2) is 9.97 Å². The van der Waals surface area contributed by atoms with Crippen molar-refractivity contribution in [2.45, 2.75) is 36.8 Å². The lowest BCUT2D eigenvalue weighted by molar-refractivity contribution is 0.122. The van der Waals surface area contributed by atoms with Crippen molar-refractivity contribution in [2.24, 2.45) is 0 Å². The number of para-hydroxylation sites is 2. The third-order valence-corrected chi connectivity index (χ3v) is 24.2. The van der Waals surface area contributed by atoms with Crippen molar-refractivity contribution in [3.05, 3.63) is 58.5 Å². The molecular formula is C28H40N2O6S7Si2. The summed E-state index contributed by atoms with van der Waals surface area (Å²) in [4.78, 5) is 9.96. The van der Waals surface area contributed by atoms with Crippen LogP contribution >= 0.6 is 73.7 Å². The molecule has 2 heterocycles. The van der Waals surface area contributed by atoms with Crippen molar-refractivity contribution in [1.82, 2.24) is 9.97 Å². The summed E-state index contributed by atoms with van der Waals surface area (Å²) in [5.41, 5.74) is 2.11. The van der Waals surface area contributed by atoms with Gasteiger partial charge in [-0.15, -0.1) is 22.7 Å². The van der Waals surface area contributed by atoms with E-state index in [1.165, 1.54) is 9.40 Å². The number of thiazole rings is 2. The molecule has 8 nitrogen and oxygen atoms in total. The molecule has 0 aliphatic carbocycles. The predicted molar refractivity (Wildman–Crippen MR) is 205 cm³/mol. The molecule has 0 N–H and O–H groups in total. The first-order valence-electron chi connectivity index (χ1n) is 14.2. The predicted octanol–water partition coefficient (Wildman–Crippen LogP) is 9.64. The highest BCUT2D eigenvalue weighted by molar-refractivity contribution is 9.35. The van der Waals surface area contributed by atoms with E-state index in [-0.39, 0.29) is 11.8 Å². The summed E-state index contributed by atoms with van der Waals surface area (Å²) in [5, 5.41) is 2.31. The molecule has 45 heavy (non-hydrogen) atoms. The molecule has 4 aromatic rings. The number of hydrogen-bond acceptors (Lipinski definition) is 15. The fourth-order valence-corrected chi connectivity index (χ4v) is 20.1.